The van der Waals surface area contributed by atoms with Crippen LogP contribution >= 0.6 is 15.9 Å². The van der Waals surface area contributed by atoms with Crippen LogP contribution in [-0.4, -0.2) is 32.5 Å². The molecule has 0 saturated carbocycles. The van der Waals surface area contributed by atoms with Crippen molar-refractivity contribution in [3.8, 4) is 11.6 Å². The summed E-state index contributed by atoms with van der Waals surface area (Å²) in [6.07, 6.45) is 3.13. The summed E-state index contributed by atoms with van der Waals surface area (Å²) in [5.74, 6) is 2.25. The van der Waals surface area contributed by atoms with Crippen LogP contribution in [-0.2, 0) is 0 Å². The summed E-state index contributed by atoms with van der Waals surface area (Å²) in [5, 5.41) is 2.75. The Morgan fingerprint density at radius 1 is 1.14 bits per heavy atom. The number of imidazole rings is 1. The number of nitrogens with one attached hydrogen (secondary N) is 1. The molecule has 1 N–H and O–H groups in total. The molecular weight excluding hydrogens is 422 g/mol. The minimum absolute atomic E-state index is 0.258. The van der Waals surface area contributed by atoms with Crippen molar-refractivity contribution >= 4 is 38.7 Å². The van der Waals surface area contributed by atoms with Crippen LogP contribution in [0.1, 0.15) is 16.2 Å². The average Bonchev–Trinajstić information content (AvgIpc) is 3.03. The van der Waals surface area contributed by atoms with Gasteiger partial charge in [-0.3, -0.25) is 9.36 Å². The predicted octanol–water partition coefficient (Wildman–Crippen LogP) is 4.15. The molecule has 0 aliphatic carbocycles. The molecule has 0 saturated heterocycles. The van der Waals surface area contributed by atoms with Crippen molar-refractivity contribution in [2.75, 3.05) is 12.4 Å². The minimum atomic E-state index is -0.258. The van der Waals surface area contributed by atoms with Gasteiger partial charge in [0.15, 0.2) is 11.6 Å². The van der Waals surface area contributed by atoms with Crippen molar-refractivity contribution < 1.29 is 9.53 Å². The van der Waals surface area contributed by atoms with E-state index in [-0.39, 0.29) is 5.91 Å². The number of carbonyl (C=O) groups is 1. The summed E-state index contributed by atoms with van der Waals surface area (Å²) in [5.41, 5.74) is 2.24. The van der Waals surface area contributed by atoms with Gasteiger partial charge >= 0.3 is 0 Å². The molecule has 0 fully saturated rings. The number of anilines is 1. The van der Waals surface area contributed by atoms with Crippen LogP contribution < -0.4 is 10.1 Å². The lowest BCUT2D eigenvalue weighted by molar-refractivity contribution is 0.102. The molecule has 7 nitrogen and oxygen atoms in total. The van der Waals surface area contributed by atoms with E-state index in [2.05, 4.69) is 36.2 Å². The predicted molar refractivity (Wildman–Crippen MR) is 110 cm³/mol. The van der Waals surface area contributed by atoms with E-state index < -0.39 is 0 Å². The third-order valence-electron chi connectivity index (χ3n) is 4.26. The number of methoxy groups -OCH3 is 1. The minimum Gasteiger partial charge on any atom is -0.497 e. The smallest absolute Gasteiger partial charge is 0.258 e. The summed E-state index contributed by atoms with van der Waals surface area (Å²) in [6.45, 7) is 1.90. The normalized spacial score (nSPS) is 10.8. The highest BCUT2D eigenvalue weighted by Crippen LogP contribution is 2.24. The lowest BCUT2D eigenvalue weighted by Crippen LogP contribution is -2.14. The van der Waals surface area contributed by atoms with Crippen LogP contribution in [0, 0.1) is 6.92 Å². The van der Waals surface area contributed by atoms with E-state index in [0.29, 0.717) is 21.7 Å². The standard InChI is InChI=1S/C20H16BrN5O2/c1-12-24-16-9-13(28-2)7-8-17(16)26(12)19-11-22-18(10-23-19)25-20(27)14-5-3-4-6-15(14)21/h3-11H,1-2H3,(H,22,25,27). The van der Waals surface area contributed by atoms with Crippen LogP contribution in [0.5, 0.6) is 5.75 Å². The molecule has 28 heavy (non-hydrogen) atoms. The van der Waals surface area contributed by atoms with E-state index in [9.17, 15) is 4.79 Å². The van der Waals surface area contributed by atoms with Gasteiger partial charge < -0.3 is 10.1 Å². The monoisotopic (exact) mass is 437 g/mol. The van der Waals surface area contributed by atoms with Crippen molar-refractivity contribution in [3.05, 3.63) is 70.7 Å². The second-order valence-corrected chi connectivity index (χ2v) is 6.90. The Morgan fingerprint density at radius 3 is 2.68 bits per heavy atom. The van der Waals surface area contributed by atoms with Gasteiger partial charge in [-0.25, -0.2) is 15.0 Å². The zero-order valence-corrected chi connectivity index (χ0v) is 16.8. The third-order valence-corrected chi connectivity index (χ3v) is 4.95. The van der Waals surface area contributed by atoms with Gasteiger partial charge in [0, 0.05) is 10.5 Å². The van der Waals surface area contributed by atoms with E-state index in [1.54, 1.807) is 25.4 Å². The number of rotatable bonds is 4. The second kappa shape index (κ2) is 7.40. The first-order valence-electron chi connectivity index (χ1n) is 8.48. The number of aromatic nitrogens is 4. The first-order chi connectivity index (χ1) is 13.6. The molecule has 1 amide bonds. The number of nitrogens with zero attached hydrogens (tertiary/aromatic N) is 4. The SMILES string of the molecule is COc1ccc2c(c1)nc(C)n2-c1cnc(NC(=O)c2ccccc2Br)cn1. The van der Waals surface area contributed by atoms with Gasteiger partial charge in [-0.15, -0.1) is 0 Å². The van der Waals surface area contributed by atoms with Crippen molar-refractivity contribution in [2.45, 2.75) is 6.92 Å². The van der Waals surface area contributed by atoms with Gasteiger partial charge in [0.25, 0.3) is 5.91 Å². The van der Waals surface area contributed by atoms with Crippen molar-refractivity contribution in [3.63, 3.8) is 0 Å². The summed E-state index contributed by atoms with van der Waals surface area (Å²) in [6, 6.07) is 12.9. The highest BCUT2D eigenvalue weighted by molar-refractivity contribution is 9.10. The molecule has 0 aliphatic heterocycles. The van der Waals surface area contributed by atoms with E-state index in [1.165, 1.54) is 6.20 Å². The van der Waals surface area contributed by atoms with Gasteiger partial charge in [0.05, 0.1) is 36.1 Å². The fourth-order valence-corrected chi connectivity index (χ4v) is 3.39. The lowest BCUT2D eigenvalue weighted by atomic mass is 10.2. The third kappa shape index (κ3) is 3.34. The van der Waals surface area contributed by atoms with Crippen molar-refractivity contribution in [1.82, 2.24) is 19.5 Å². The largest absolute Gasteiger partial charge is 0.497 e. The number of fused-ring (bicyclic) bond motifs is 1. The van der Waals surface area contributed by atoms with Crippen LogP contribution in [0.2, 0.25) is 0 Å². The fourth-order valence-electron chi connectivity index (χ4n) is 2.93. The Hall–Kier alpha value is -3.26. The van der Waals surface area contributed by atoms with Crippen LogP contribution in [0.3, 0.4) is 0 Å². The topological polar surface area (TPSA) is 81.9 Å². The molecule has 8 heteroatoms. The van der Waals surface area contributed by atoms with Gasteiger partial charge in [0.2, 0.25) is 0 Å². The maximum atomic E-state index is 12.4. The zero-order chi connectivity index (χ0) is 19.7. The number of hydrogen-bond acceptors (Lipinski definition) is 5. The average molecular weight is 438 g/mol. The van der Waals surface area contributed by atoms with Crippen LogP contribution in [0.25, 0.3) is 16.9 Å². The van der Waals surface area contributed by atoms with E-state index in [0.717, 1.165) is 22.6 Å². The summed E-state index contributed by atoms with van der Waals surface area (Å²) < 4.78 is 7.87. The molecule has 4 aromatic rings. The number of aryl methyl sites for hydroxylation is 1. The van der Waals surface area contributed by atoms with E-state index >= 15 is 0 Å². The molecule has 0 radical (unpaired) electrons. The maximum Gasteiger partial charge on any atom is 0.258 e. The quantitative estimate of drug-likeness (QED) is 0.518. The fraction of sp³-hybridized carbons (Fsp3) is 0.100. The van der Waals surface area contributed by atoms with Gasteiger partial charge in [-0.1, -0.05) is 12.1 Å². The maximum absolute atomic E-state index is 12.4. The molecule has 0 spiro atoms. The van der Waals surface area contributed by atoms with Gasteiger partial charge in [-0.2, -0.15) is 0 Å². The second-order valence-electron chi connectivity index (χ2n) is 6.04. The number of ether oxygens (including phenoxy) is 1. The van der Waals surface area contributed by atoms with Crippen LogP contribution in [0.15, 0.2) is 59.3 Å². The Morgan fingerprint density at radius 2 is 1.96 bits per heavy atom. The first kappa shape index (κ1) is 18.1. The number of halogens is 1. The number of carbonyl (C=O) groups excluding carboxylic acids is 1. The Labute approximate surface area is 169 Å². The Balaban J connectivity index is 1.62. The Kier molecular flexibility index (Phi) is 4.79. The van der Waals surface area contributed by atoms with Crippen molar-refractivity contribution in [1.29, 1.82) is 0 Å². The molecule has 0 atom stereocenters. The van der Waals surface area contributed by atoms with Gasteiger partial charge in [-0.05, 0) is 47.1 Å². The highest BCUT2D eigenvalue weighted by Gasteiger charge is 2.13. The van der Waals surface area contributed by atoms with Crippen molar-refractivity contribution in [2.24, 2.45) is 0 Å². The molecule has 2 aromatic carbocycles. The lowest BCUT2D eigenvalue weighted by Gasteiger charge is -2.08. The molecule has 0 bridgehead atoms. The summed E-state index contributed by atoms with van der Waals surface area (Å²) in [4.78, 5) is 25.7. The molecule has 2 heterocycles. The van der Waals surface area contributed by atoms with Crippen LogP contribution in [0.4, 0.5) is 5.82 Å². The Bertz CT molecular complexity index is 1170. The van der Waals surface area contributed by atoms with E-state index in [1.807, 2.05) is 41.8 Å². The molecule has 4 rings (SSSR count). The first-order valence-corrected chi connectivity index (χ1v) is 9.27. The molecule has 0 unspecified atom stereocenters. The molecular formula is C20H16BrN5O2. The zero-order valence-electron chi connectivity index (χ0n) is 15.2. The number of amides is 1. The summed E-state index contributed by atoms with van der Waals surface area (Å²) >= 11 is 3.37. The molecule has 140 valence electrons. The summed E-state index contributed by atoms with van der Waals surface area (Å²) in [7, 11) is 1.62. The van der Waals surface area contributed by atoms with E-state index in [4.69, 9.17) is 4.74 Å². The highest BCUT2D eigenvalue weighted by atomic mass is 79.9. The number of benzene rings is 2. The molecule has 0 aliphatic rings. The molecule has 2 aromatic heterocycles. The van der Waals surface area contributed by atoms with Gasteiger partial charge in [0.1, 0.15) is 11.6 Å². The number of hydrogen-bond donors (Lipinski definition) is 1.